The summed E-state index contributed by atoms with van der Waals surface area (Å²) >= 11 is 0. The average molecular weight is 473 g/mol. The van der Waals surface area contributed by atoms with Gasteiger partial charge >= 0.3 is 12.1 Å². The number of nitrogens with one attached hydrogen (secondary N) is 1. The van der Waals surface area contributed by atoms with Crippen molar-refractivity contribution in [2.75, 3.05) is 13.1 Å². The molecule has 0 fully saturated rings. The van der Waals surface area contributed by atoms with Gasteiger partial charge in [-0.1, -0.05) is 13.8 Å². The van der Waals surface area contributed by atoms with E-state index in [0.717, 1.165) is 12.8 Å². The number of alkyl carbamates (subject to hydrolysis) is 1. The number of rotatable bonds is 7. The number of ether oxygens (including phenoxy) is 1. The first-order valence-corrected chi connectivity index (χ1v) is 11.6. The molecule has 0 saturated carbocycles. The maximum absolute atomic E-state index is 13.4. The molecule has 2 rings (SSSR count). The molecule has 1 aromatic rings. The lowest BCUT2D eigenvalue weighted by molar-refractivity contribution is -0.142. The van der Waals surface area contributed by atoms with Crippen LogP contribution < -0.4 is 5.32 Å². The van der Waals surface area contributed by atoms with Crippen LogP contribution in [-0.2, 0) is 19.7 Å². The molecule has 0 spiro atoms. The summed E-state index contributed by atoms with van der Waals surface area (Å²) in [6.07, 6.45) is 2.75. The zero-order valence-corrected chi connectivity index (χ0v) is 21.2. The Morgan fingerprint density at radius 3 is 2.24 bits per heavy atom. The molecular formula is C25H36N4O5. The Morgan fingerprint density at radius 1 is 1.09 bits per heavy atom. The van der Waals surface area contributed by atoms with Gasteiger partial charge in [-0.2, -0.15) is 0 Å². The van der Waals surface area contributed by atoms with Gasteiger partial charge in [-0.25, -0.2) is 14.8 Å². The molecule has 0 aromatic carbocycles. The fourth-order valence-corrected chi connectivity index (χ4v) is 3.39. The number of nitrogens with zero attached hydrogens (tertiary/aromatic N) is 3. The number of carboxylic acid groups (broad SMARTS) is 1. The lowest BCUT2D eigenvalue weighted by Crippen LogP contribution is -2.38. The third-order valence-corrected chi connectivity index (χ3v) is 5.20. The van der Waals surface area contributed by atoms with Crippen molar-refractivity contribution in [2.45, 2.75) is 78.7 Å². The van der Waals surface area contributed by atoms with Gasteiger partial charge in [0, 0.05) is 30.6 Å². The summed E-state index contributed by atoms with van der Waals surface area (Å²) in [6.45, 7) is 13.6. The second kappa shape index (κ2) is 10.8. The van der Waals surface area contributed by atoms with E-state index in [1.807, 2.05) is 13.8 Å². The Bertz CT molecular complexity index is 999. The van der Waals surface area contributed by atoms with Crippen LogP contribution >= 0.6 is 0 Å². The summed E-state index contributed by atoms with van der Waals surface area (Å²) in [5.41, 5.74) is -0.597. The van der Waals surface area contributed by atoms with Crippen molar-refractivity contribution in [2.24, 2.45) is 4.99 Å². The largest absolute Gasteiger partial charge is 0.481 e. The topological polar surface area (TPSA) is 121 Å². The van der Waals surface area contributed by atoms with Crippen LogP contribution in [0.2, 0.25) is 0 Å². The van der Waals surface area contributed by atoms with Crippen molar-refractivity contribution < 1.29 is 24.2 Å². The maximum Gasteiger partial charge on any atom is 0.413 e. The Morgan fingerprint density at radius 2 is 1.71 bits per heavy atom. The van der Waals surface area contributed by atoms with Gasteiger partial charge in [-0.05, 0) is 65.7 Å². The van der Waals surface area contributed by atoms with Gasteiger partial charge in [0.05, 0.1) is 5.69 Å². The van der Waals surface area contributed by atoms with E-state index in [4.69, 9.17) is 4.74 Å². The molecular weight excluding hydrogens is 436 g/mol. The quantitative estimate of drug-likeness (QED) is 0.605. The van der Waals surface area contributed by atoms with Crippen molar-refractivity contribution in [3.8, 4) is 0 Å². The van der Waals surface area contributed by atoms with E-state index >= 15 is 0 Å². The zero-order chi connectivity index (χ0) is 25.7. The van der Waals surface area contributed by atoms with Crippen molar-refractivity contribution in [3.63, 3.8) is 0 Å². The van der Waals surface area contributed by atoms with Gasteiger partial charge < -0.3 is 14.7 Å². The molecule has 186 valence electrons. The predicted molar refractivity (Wildman–Crippen MR) is 131 cm³/mol. The van der Waals surface area contributed by atoms with Crippen LogP contribution in [0.1, 0.15) is 79.0 Å². The zero-order valence-electron chi connectivity index (χ0n) is 21.2. The van der Waals surface area contributed by atoms with Crippen LogP contribution in [0.15, 0.2) is 22.7 Å². The molecule has 9 heteroatoms. The number of aromatic nitrogens is 1. The number of aliphatic carboxylic acids is 1. The first-order valence-electron chi connectivity index (χ1n) is 11.6. The molecule has 1 aliphatic heterocycles. The second-order valence-electron chi connectivity index (χ2n) is 9.86. The summed E-state index contributed by atoms with van der Waals surface area (Å²) in [6, 6.07) is 3.34. The summed E-state index contributed by atoms with van der Waals surface area (Å²) in [5, 5.41) is 12.2. The van der Waals surface area contributed by atoms with E-state index in [0.29, 0.717) is 29.9 Å². The van der Waals surface area contributed by atoms with Crippen LogP contribution in [-0.4, -0.2) is 57.5 Å². The minimum atomic E-state index is -1.24. The third-order valence-electron chi connectivity index (χ3n) is 5.20. The first-order chi connectivity index (χ1) is 15.8. The van der Waals surface area contributed by atoms with Crippen LogP contribution in [0.3, 0.4) is 0 Å². The monoisotopic (exact) mass is 472 g/mol. The Hall–Kier alpha value is -3.23. The number of carbonyl (C=O) groups excluding carboxylic acids is 2. The highest BCUT2D eigenvalue weighted by atomic mass is 16.6. The van der Waals surface area contributed by atoms with Crippen LogP contribution in [0.4, 0.5) is 10.6 Å². The number of aliphatic imine (C=N–C) groups is 1. The van der Waals surface area contributed by atoms with E-state index in [9.17, 15) is 19.5 Å². The third kappa shape index (κ3) is 6.88. The van der Waals surface area contributed by atoms with Crippen molar-refractivity contribution in [3.05, 3.63) is 29.0 Å². The van der Waals surface area contributed by atoms with Gasteiger partial charge in [-0.15, -0.1) is 0 Å². The smallest absolute Gasteiger partial charge is 0.413 e. The molecule has 0 bridgehead atoms. The SMILES string of the molecule is CCCN(CCC)C(=O)C1=Cc2ccc(C(C)(C)C(=O)O)nc2N=C(NC(=O)OC(C)(C)C)C1. The van der Waals surface area contributed by atoms with Gasteiger partial charge in [0.25, 0.3) is 0 Å². The molecule has 0 atom stereocenters. The average Bonchev–Trinajstić information content (AvgIpc) is 2.89. The summed E-state index contributed by atoms with van der Waals surface area (Å²) in [5.74, 6) is -0.715. The van der Waals surface area contributed by atoms with E-state index in [-0.39, 0.29) is 24.0 Å². The number of hydrogen-bond acceptors (Lipinski definition) is 6. The highest BCUT2D eigenvalue weighted by Crippen LogP contribution is 2.30. The number of carbonyl (C=O) groups is 3. The van der Waals surface area contributed by atoms with E-state index in [1.54, 1.807) is 57.7 Å². The summed E-state index contributed by atoms with van der Waals surface area (Å²) < 4.78 is 5.36. The number of pyridine rings is 1. The van der Waals surface area contributed by atoms with Crippen LogP contribution in [0, 0.1) is 0 Å². The lowest BCUT2D eigenvalue weighted by atomic mass is 9.88. The molecule has 2 amide bonds. The van der Waals surface area contributed by atoms with Gasteiger partial charge in [0.15, 0.2) is 5.82 Å². The number of amides is 2. The molecule has 2 N–H and O–H groups in total. The fourth-order valence-electron chi connectivity index (χ4n) is 3.39. The summed E-state index contributed by atoms with van der Waals surface area (Å²) in [7, 11) is 0. The van der Waals surface area contributed by atoms with Crippen molar-refractivity contribution in [1.82, 2.24) is 15.2 Å². The molecule has 0 radical (unpaired) electrons. The Kier molecular flexibility index (Phi) is 8.58. The predicted octanol–water partition coefficient (Wildman–Crippen LogP) is 4.43. The van der Waals surface area contributed by atoms with E-state index in [2.05, 4.69) is 15.3 Å². The highest BCUT2D eigenvalue weighted by Gasteiger charge is 2.32. The normalized spacial score (nSPS) is 13.7. The minimum absolute atomic E-state index is 0.0794. The maximum atomic E-state index is 13.4. The molecule has 34 heavy (non-hydrogen) atoms. The van der Waals surface area contributed by atoms with Crippen molar-refractivity contribution >= 4 is 35.7 Å². The van der Waals surface area contributed by atoms with Gasteiger partial charge in [-0.3, -0.25) is 14.9 Å². The van der Waals surface area contributed by atoms with E-state index < -0.39 is 23.1 Å². The Labute approximate surface area is 201 Å². The van der Waals surface area contributed by atoms with Crippen LogP contribution in [0.5, 0.6) is 0 Å². The summed E-state index contributed by atoms with van der Waals surface area (Å²) in [4.78, 5) is 48.3. The molecule has 0 unspecified atom stereocenters. The van der Waals surface area contributed by atoms with E-state index in [1.165, 1.54) is 0 Å². The van der Waals surface area contributed by atoms with Crippen molar-refractivity contribution in [1.29, 1.82) is 0 Å². The number of hydrogen-bond donors (Lipinski definition) is 2. The highest BCUT2D eigenvalue weighted by molar-refractivity contribution is 6.08. The first kappa shape index (κ1) is 27.0. The number of fused-ring (bicyclic) bond motifs is 1. The molecule has 1 aromatic heterocycles. The molecule has 2 heterocycles. The standard InChI is InChI=1S/C25H36N4O5/c1-8-12-29(13-9-2)21(30)17-14-16-10-11-18(25(6,7)22(31)32)26-20(16)27-19(15-17)28-23(33)34-24(3,4)5/h10-11,14H,8-9,12-13,15H2,1-7H3,(H,31,32)(H,26,27,28,33). The minimum Gasteiger partial charge on any atom is -0.481 e. The molecule has 9 nitrogen and oxygen atoms in total. The molecule has 0 saturated heterocycles. The Balaban J connectivity index is 2.55. The van der Waals surface area contributed by atoms with Gasteiger partial charge in [0.1, 0.15) is 16.9 Å². The van der Waals surface area contributed by atoms with Crippen LogP contribution in [0.25, 0.3) is 6.08 Å². The molecule has 1 aliphatic rings. The fraction of sp³-hybridized carbons (Fsp3) is 0.560. The number of amidine groups is 1. The van der Waals surface area contributed by atoms with Gasteiger partial charge in [0.2, 0.25) is 5.91 Å². The lowest BCUT2D eigenvalue weighted by Gasteiger charge is -2.23. The second-order valence-corrected chi connectivity index (χ2v) is 9.86. The molecule has 0 aliphatic carbocycles. The number of carboxylic acids is 1.